The summed E-state index contributed by atoms with van der Waals surface area (Å²) in [6, 6.07) is 7.90. The molecule has 3 aromatic rings. The fourth-order valence-corrected chi connectivity index (χ4v) is 4.56. The highest BCUT2D eigenvalue weighted by Crippen LogP contribution is 2.22. The molecule has 2 aromatic heterocycles. The molecule has 0 unspecified atom stereocenters. The Balaban J connectivity index is 1.90. The molecule has 0 aliphatic rings. The lowest BCUT2D eigenvalue weighted by atomic mass is 10.1. The van der Waals surface area contributed by atoms with Crippen molar-refractivity contribution in [2.24, 2.45) is 7.05 Å². The lowest BCUT2D eigenvalue weighted by Gasteiger charge is -2.22. The molecule has 0 atom stereocenters. The summed E-state index contributed by atoms with van der Waals surface area (Å²) in [6.45, 7) is 4.65. The first kappa shape index (κ1) is 20.2. The second-order valence-corrected chi connectivity index (χ2v) is 8.50. The molecule has 7 nitrogen and oxygen atoms in total. The van der Waals surface area contributed by atoms with Crippen LogP contribution in [0.3, 0.4) is 0 Å². The molecule has 0 fully saturated rings. The molecule has 2 heterocycles. The van der Waals surface area contributed by atoms with Gasteiger partial charge in [-0.15, -0.1) is 0 Å². The fourth-order valence-electron chi connectivity index (χ4n) is 2.98. The Hall–Kier alpha value is -2.52. The summed E-state index contributed by atoms with van der Waals surface area (Å²) in [4.78, 5) is 0.204. The topological polar surface area (TPSA) is 73.0 Å². The predicted molar refractivity (Wildman–Crippen MR) is 104 cm³/mol. The number of sulfonamides is 1. The van der Waals surface area contributed by atoms with Crippen LogP contribution in [0.4, 0.5) is 4.39 Å². The highest BCUT2D eigenvalue weighted by Gasteiger charge is 2.29. The monoisotopic (exact) mass is 405 g/mol. The summed E-state index contributed by atoms with van der Waals surface area (Å²) >= 11 is 0. The van der Waals surface area contributed by atoms with Crippen molar-refractivity contribution in [2.75, 3.05) is 6.54 Å². The number of benzene rings is 1. The van der Waals surface area contributed by atoms with Crippen molar-refractivity contribution in [3.63, 3.8) is 0 Å². The van der Waals surface area contributed by atoms with Crippen LogP contribution in [-0.2, 0) is 36.6 Å². The molecule has 0 spiro atoms. The van der Waals surface area contributed by atoms with Gasteiger partial charge in [0.15, 0.2) is 0 Å². The van der Waals surface area contributed by atoms with Gasteiger partial charge in [-0.2, -0.15) is 14.5 Å². The molecular formula is C19H24FN5O2S. The maximum absolute atomic E-state index is 13.4. The zero-order chi connectivity index (χ0) is 20.3. The van der Waals surface area contributed by atoms with Crippen molar-refractivity contribution in [1.29, 1.82) is 0 Å². The maximum atomic E-state index is 13.4. The standard InChI is InChI=1S/C19H24FN5O2S/c1-4-24-14-19(15(2)22-24)28(26,27)25(13-18-9-11-21-23(18)3)12-10-16-5-7-17(20)8-6-16/h5-9,11,14H,4,10,12-13H2,1-3H3. The smallest absolute Gasteiger partial charge is 0.246 e. The van der Waals surface area contributed by atoms with Crippen LogP contribution in [0.1, 0.15) is 23.9 Å². The van der Waals surface area contributed by atoms with Gasteiger partial charge in [-0.1, -0.05) is 12.1 Å². The van der Waals surface area contributed by atoms with E-state index in [2.05, 4.69) is 10.2 Å². The number of aryl methyl sites for hydroxylation is 3. The van der Waals surface area contributed by atoms with Gasteiger partial charge in [-0.3, -0.25) is 9.36 Å². The van der Waals surface area contributed by atoms with E-state index in [1.807, 2.05) is 6.92 Å². The van der Waals surface area contributed by atoms with Crippen molar-refractivity contribution in [1.82, 2.24) is 23.9 Å². The molecule has 0 bridgehead atoms. The molecule has 0 aliphatic carbocycles. The molecule has 3 rings (SSSR count). The van der Waals surface area contributed by atoms with Crippen molar-refractivity contribution in [3.8, 4) is 0 Å². The van der Waals surface area contributed by atoms with Crippen molar-refractivity contribution < 1.29 is 12.8 Å². The number of hydrogen-bond donors (Lipinski definition) is 0. The Bertz CT molecular complexity index is 1040. The highest BCUT2D eigenvalue weighted by molar-refractivity contribution is 7.89. The van der Waals surface area contributed by atoms with E-state index in [4.69, 9.17) is 0 Å². The molecule has 0 radical (unpaired) electrons. The number of hydrogen-bond acceptors (Lipinski definition) is 4. The Morgan fingerprint density at radius 3 is 2.46 bits per heavy atom. The highest BCUT2D eigenvalue weighted by atomic mass is 32.2. The number of nitrogens with zero attached hydrogens (tertiary/aromatic N) is 5. The lowest BCUT2D eigenvalue weighted by molar-refractivity contribution is 0.398. The van der Waals surface area contributed by atoms with Crippen LogP contribution in [0, 0.1) is 12.7 Å². The third-order valence-electron chi connectivity index (χ3n) is 4.67. The van der Waals surface area contributed by atoms with Crippen LogP contribution in [0.5, 0.6) is 0 Å². The van der Waals surface area contributed by atoms with E-state index >= 15 is 0 Å². The molecule has 0 amide bonds. The van der Waals surface area contributed by atoms with Gasteiger partial charge in [-0.05, 0) is 44.0 Å². The molecule has 0 aliphatic heterocycles. The first-order valence-corrected chi connectivity index (χ1v) is 10.5. The third kappa shape index (κ3) is 4.31. The largest absolute Gasteiger partial charge is 0.271 e. The van der Waals surface area contributed by atoms with Gasteiger partial charge in [0.05, 0.1) is 17.9 Å². The summed E-state index contributed by atoms with van der Waals surface area (Å²) in [5.41, 5.74) is 2.12. The normalized spacial score (nSPS) is 12.0. The Labute approximate surface area is 164 Å². The Morgan fingerprint density at radius 1 is 1.18 bits per heavy atom. The molecule has 28 heavy (non-hydrogen) atoms. The van der Waals surface area contributed by atoms with E-state index in [1.165, 1.54) is 16.4 Å². The van der Waals surface area contributed by atoms with E-state index in [0.29, 0.717) is 18.7 Å². The summed E-state index contributed by atoms with van der Waals surface area (Å²) < 4.78 is 44.6. The van der Waals surface area contributed by atoms with Crippen LogP contribution in [-0.4, -0.2) is 38.8 Å². The van der Waals surface area contributed by atoms with E-state index in [-0.39, 0.29) is 23.8 Å². The molecule has 0 N–H and O–H groups in total. The van der Waals surface area contributed by atoms with E-state index in [9.17, 15) is 12.8 Å². The SMILES string of the molecule is CCn1cc(S(=O)(=O)N(CCc2ccc(F)cc2)Cc2ccnn2C)c(C)n1. The Morgan fingerprint density at radius 2 is 1.89 bits per heavy atom. The first-order valence-electron chi connectivity index (χ1n) is 9.06. The van der Waals surface area contributed by atoms with Crippen molar-refractivity contribution in [2.45, 2.75) is 38.3 Å². The summed E-state index contributed by atoms with van der Waals surface area (Å²) in [5.74, 6) is -0.314. The van der Waals surface area contributed by atoms with Gasteiger partial charge >= 0.3 is 0 Å². The summed E-state index contributed by atoms with van der Waals surface area (Å²) in [7, 11) is -1.98. The lowest BCUT2D eigenvalue weighted by Crippen LogP contribution is -2.33. The van der Waals surface area contributed by atoms with Crippen molar-refractivity contribution in [3.05, 3.63) is 65.5 Å². The fraction of sp³-hybridized carbons (Fsp3) is 0.368. The average molecular weight is 405 g/mol. The molecule has 0 saturated heterocycles. The summed E-state index contributed by atoms with van der Waals surface area (Å²) in [5, 5.41) is 8.40. The van der Waals surface area contributed by atoms with Gasteiger partial charge < -0.3 is 0 Å². The van der Waals surface area contributed by atoms with Gasteiger partial charge in [0.2, 0.25) is 10.0 Å². The van der Waals surface area contributed by atoms with E-state index in [0.717, 1.165) is 11.3 Å². The first-order chi connectivity index (χ1) is 13.3. The third-order valence-corrected chi connectivity index (χ3v) is 6.62. The van der Waals surface area contributed by atoms with Crippen LogP contribution in [0.2, 0.25) is 0 Å². The molecule has 9 heteroatoms. The summed E-state index contributed by atoms with van der Waals surface area (Å²) in [6.07, 6.45) is 3.68. The van der Waals surface area contributed by atoms with Crippen molar-refractivity contribution >= 4 is 10.0 Å². The average Bonchev–Trinajstić information content (AvgIpc) is 3.25. The van der Waals surface area contributed by atoms with Gasteiger partial charge in [0.25, 0.3) is 0 Å². The molecular weight excluding hydrogens is 381 g/mol. The quantitative estimate of drug-likeness (QED) is 0.577. The van der Waals surface area contributed by atoms with E-state index in [1.54, 1.807) is 53.9 Å². The zero-order valence-corrected chi connectivity index (χ0v) is 17.0. The Kier molecular flexibility index (Phi) is 5.95. The molecule has 1 aromatic carbocycles. The maximum Gasteiger partial charge on any atom is 0.246 e. The van der Waals surface area contributed by atoms with Crippen LogP contribution in [0.25, 0.3) is 0 Å². The number of halogens is 1. The minimum Gasteiger partial charge on any atom is -0.271 e. The van der Waals surface area contributed by atoms with E-state index < -0.39 is 10.0 Å². The van der Waals surface area contributed by atoms with Crippen LogP contribution >= 0.6 is 0 Å². The van der Waals surface area contributed by atoms with Gasteiger partial charge in [0, 0.05) is 32.5 Å². The minimum absolute atomic E-state index is 0.191. The van der Waals surface area contributed by atoms with Crippen LogP contribution in [0.15, 0.2) is 47.6 Å². The van der Waals surface area contributed by atoms with Gasteiger partial charge in [-0.25, -0.2) is 12.8 Å². The second kappa shape index (κ2) is 8.24. The zero-order valence-electron chi connectivity index (χ0n) is 16.2. The van der Waals surface area contributed by atoms with Gasteiger partial charge in [0.1, 0.15) is 10.7 Å². The molecule has 150 valence electrons. The molecule has 0 saturated carbocycles. The minimum atomic E-state index is -3.76. The second-order valence-electron chi connectivity index (χ2n) is 6.60. The predicted octanol–water partition coefficient (Wildman–Crippen LogP) is 2.52. The number of aromatic nitrogens is 4. The van der Waals surface area contributed by atoms with Crippen LogP contribution < -0.4 is 0 Å². The number of rotatable bonds is 8.